The maximum Gasteiger partial charge on any atom is 0.0165 e. The molecule has 0 saturated heterocycles. The van der Waals surface area contributed by atoms with Crippen molar-refractivity contribution in [3.8, 4) is 0 Å². The third-order valence-corrected chi connectivity index (χ3v) is 9.76. The largest absolute Gasteiger partial charge is 0.306 e. The first-order chi connectivity index (χ1) is 18.2. The quantitative estimate of drug-likeness (QED) is 0.0475. The number of allylic oxidation sites excluding steroid dienone is 2. The van der Waals surface area contributed by atoms with Gasteiger partial charge in [0.05, 0.1) is 0 Å². The molecule has 0 unspecified atom stereocenters. The third-order valence-electron chi connectivity index (χ3n) is 7.39. The molecule has 0 fully saturated rings. The Balaban J connectivity index is 3.28. The predicted octanol–water partition coefficient (Wildman–Crippen LogP) is 11.0. The molecule has 0 spiro atoms. The summed E-state index contributed by atoms with van der Waals surface area (Å²) in [6, 6.07) is 0. The second-order valence-electron chi connectivity index (χ2n) is 11.3. The molecule has 0 aromatic heterocycles. The van der Waals surface area contributed by atoms with Crippen molar-refractivity contribution in [2.75, 3.05) is 51.8 Å². The van der Waals surface area contributed by atoms with E-state index in [1.54, 1.807) is 0 Å². The maximum atomic E-state index is 2.54. The second-order valence-corrected chi connectivity index (χ2v) is 14.0. The molecule has 0 amide bonds. The molecule has 2 nitrogen and oxygen atoms in total. The molecule has 0 bridgehead atoms. The van der Waals surface area contributed by atoms with Gasteiger partial charge in [0.1, 0.15) is 0 Å². The van der Waals surface area contributed by atoms with Gasteiger partial charge in [0.25, 0.3) is 0 Å². The highest BCUT2D eigenvalue weighted by Crippen LogP contribution is 2.21. The van der Waals surface area contributed by atoms with Crippen molar-refractivity contribution < 1.29 is 0 Å². The highest BCUT2D eigenvalue weighted by Gasteiger charge is 2.01. The topological polar surface area (TPSA) is 6.48 Å². The summed E-state index contributed by atoms with van der Waals surface area (Å²) in [4.78, 5) is 5.06. The van der Waals surface area contributed by atoms with Crippen LogP contribution in [0.3, 0.4) is 0 Å². The molecular weight excluding hydrogens is 489 g/mol. The van der Waals surface area contributed by atoms with Crippen molar-refractivity contribution in [3.05, 3.63) is 12.2 Å². The van der Waals surface area contributed by atoms with Gasteiger partial charge in [-0.05, 0) is 65.7 Å². The van der Waals surface area contributed by atoms with Crippen molar-refractivity contribution in [1.29, 1.82) is 0 Å². The fraction of sp³-hybridized carbons (Fsp3) is 0.939. The fourth-order valence-electron chi connectivity index (χ4n) is 4.70. The Morgan fingerprint density at radius 1 is 0.405 bits per heavy atom. The standard InChI is InChI=1S/C33H68N2S2/c1-5-7-9-11-13-14-15-16-17-18-19-20-21-23-25-27-29-35(4)31-33-37-36-32-30-34(3)28-26-24-22-12-10-8-6-2/h16-17H,5-15,18-33H2,1-4H3. The van der Waals surface area contributed by atoms with Crippen LogP contribution in [-0.4, -0.2) is 61.6 Å². The second kappa shape index (κ2) is 32.6. The smallest absolute Gasteiger partial charge is 0.0165 e. The fourth-order valence-corrected chi connectivity index (χ4v) is 6.86. The molecule has 37 heavy (non-hydrogen) atoms. The van der Waals surface area contributed by atoms with E-state index < -0.39 is 0 Å². The molecule has 0 radical (unpaired) electrons. The first kappa shape index (κ1) is 37.4. The van der Waals surface area contributed by atoms with Crippen LogP contribution >= 0.6 is 21.6 Å². The van der Waals surface area contributed by atoms with Gasteiger partial charge in [-0.25, -0.2) is 0 Å². The van der Waals surface area contributed by atoms with E-state index in [9.17, 15) is 0 Å². The molecule has 222 valence electrons. The van der Waals surface area contributed by atoms with Crippen LogP contribution in [0.1, 0.15) is 149 Å². The van der Waals surface area contributed by atoms with E-state index >= 15 is 0 Å². The van der Waals surface area contributed by atoms with E-state index in [0.717, 1.165) is 0 Å². The normalized spacial score (nSPS) is 12.1. The van der Waals surface area contributed by atoms with Crippen molar-refractivity contribution >= 4 is 21.6 Å². The molecule has 0 N–H and O–H groups in total. The molecule has 4 heteroatoms. The Morgan fingerprint density at radius 3 is 1.11 bits per heavy atom. The van der Waals surface area contributed by atoms with Crippen LogP contribution in [0.15, 0.2) is 12.2 Å². The van der Waals surface area contributed by atoms with Crippen LogP contribution in [0.5, 0.6) is 0 Å². The Morgan fingerprint density at radius 2 is 0.730 bits per heavy atom. The molecule has 0 rings (SSSR count). The van der Waals surface area contributed by atoms with Crippen molar-refractivity contribution in [2.45, 2.75) is 149 Å². The van der Waals surface area contributed by atoms with Gasteiger partial charge in [0.2, 0.25) is 0 Å². The highest BCUT2D eigenvalue weighted by atomic mass is 33.1. The average Bonchev–Trinajstić information content (AvgIpc) is 2.89. The van der Waals surface area contributed by atoms with Crippen LogP contribution in [0.2, 0.25) is 0 Å². The SMILES string of the molecule is CCCCCCCCC=CCCCCCCCCN(C)CCSSCCN(C)CCCCCCCCC. The first-order valence-electron chi connectivity index (χ1n) is 16.5. The van der Waals surface area contributed by atoms with Crippen LogP contribution in [-0.2, 0) is 0 Å². The van der Waals surface area contributed by atoms with Gasteiger partial charge in [0.15, 0.2) is 0 Å². The third kappa shape index (κ3) is 32.5. The zero-order chi connectivity index (χ0) is 27.1. The lowest BCUT2D eigenvalue weighted by Crippen LogP contribution is -2.23. The molecule has 0 saturated carbocycles. The Kier molecular flexibility index (Phi) is 32.9. The van der Waals surface area contributed by atoms with E-state index in [1.165, 1.54) is 173 Å². The maximum absolute atomic E-state index is 2.54. The van der Waals surface area contributed by atoms with Gasteiger partial charge in [-0.3, -0.25) is 0 Å². The van der Waals surface area contributed by atoms with E-state index in [2.05, 4.69) is 71.5 Å². The highest BCUT2D eigenvalue weighted by molar-refractivity contribution is 8.76. The van der Waals surface area contributed by atoms with Gasteiger partial charge < -0.3 is 9.80 Å². The number of unbranched alkanes of at least 4 members (excludes halogenated alkanes) is 18. The minimum atomic E-state index is 1.23. The zero-order valence-corrected chi connectivity index (χ0v) is 27.6. The summed E-state index contributed by atoms with van der Waals surface area (Å²) in [5.41, 5.74) is 0. The van der Waals surface area contributed by atoms with Gasteiger partial charge in [0, 0.05) is 24.6 Å². The summed E-state index contributed by atoms with van der Waals surface area (Å²) in [5.74, 6) is 2.52. The van der Waals surface area contributed by atoms with E-state index in [1.807, 2.05) is 0 Å². The van der Waals surface area contributed by atoms with Crippen LogP contribution in [0.4, 0.5) is 0 Å². The number of hydrogen-bond acceptors (Lipinski definition) is 4. The zero-order valence-electron chi connectivity index (χ0n) is 26.0. The summed E-state index contributed by atoms with van der Waals surface area (Å²) >= 11 is 0. The summed E-state index contributed by atoms with van der Waals surface area (Å²) in [7, 11) is 8.74. The van der Waals surface area contributed by atoms with Gasteiger partial charge >= 0.3 is 0 Å². The average molecular weight is 557 g/mol. The van der Waals surface area contributed by atoms with Gasteiger partial charge in [-0.2, -0.15) is 0 Å². The molecule has 0 aliphatic heterocycles. The van der Waals surface area contributed by atoms with Crippen molar-refractivity contribution in [2.24, 2.45) is 0 Å². The molecular formula is C33H68N2S2. The van der Waals surface area contributed by atoms with Gasteiger partial charge in [-0.1, -0.05) is 144 Å². The minimum absolute atomic E-state index is 1.23. The lowest BCUT2D eigenvalue weighted by atomic mass is 10.1. The van der Waals surface area contributed by atoms with Crippen LogP contribution < -0.4 is 0 Å². The Labute approximate surface area is 243 Å². The molecule has 0 aromatic rings. The number of hydrogen-bond donors (Lipinski definition) is 0. The van der Waals surface area contributed by atoms with E-state index in [4.69, 9.17) is 0 Å². The van der Waals surface area contributed by atoms with E-state index in [0.29, 0.717) is 0 Å². The van der Waals surface area contributed by atoms with E-state index in [-0.39, 0.29) is 0 Å². The Hall–Kier alpha value is 0.360. The lowest BCUT2D eigenvalue weighted by Gasteiger charge is -2.17. The van der Waals surface area contributed by atoms with Crippen molar-refractivity contribution in [1.82, 2.24) is 9.80 Å². The molecule has 0 heterocycles. The molecule has 0 aliphatic carbocycles. The minimum Gasteiger partial charge on any atom is -0.306 e. The van der Waals surface area contributed by atoms with Crippen LogP contribution in [0, 0.1) is 0 Å². The summed E-state index contributed by atoms with van der Waals surface area (Å²) in [5, 5.41) is 0. The first-order valence-corrected chi connectivity index (χ1v) is 19.0. The van der Waals surface area contributed by atoms with Gasteiger partial charge in [-0.15, -0.1) is 0 Å². The molecule has 0 atom stereocenters. The van der Waals surface area contributed by atoms with Crippen LogP contribution in [0.25, 0.3) is 0 Å². The molecule has 0 aliphatic rings. The van der Waals surface area contributed by atoms with Crippen molar-refractivity contribution in [3.63, 3.8) is 0 Å². The number of nitrogens with zero attached hydrogens (tertiary/aromatic N) is 2. The lowest BCUT2D eigenvalue weighted by molar-refractivity contribution is 0.343. The predicted molar refractivity (Wildman–Crippen MR) is 177 cm³/mol. The Bertz CT molecular complexity index is 444. The summed E-state index contributed by atoms with van der Waals surface area (Å²) < 4.78 is 0. The molecule has 0 aromatic carbocycles. The summed E-state index contributed by atoms with van der Waals surface area (Å²) in [6.45, 7) is 9.60. The summed E-state index contributed by atoms with van der Waals surface area (Å²) in [6.07, 6.45) is 34.2. The number of rotatable bonds is 31. The monoisotopic (exact) mass is 556 g/mol.